The van der Waals surface area contributed by atoms with E-state index in [0.29, 0.717) is 17.4 Å². The highest BCUT2D eigenvalue weighted by Gasteiger charge is 2.30. The second-order valence-electron chi connectivity index (χ2n) is 23.3. The summed E-state index contributed by atoms with van der Waals surface area (Å²) in [5, 5.41) is 3.06. The summed E-state index contributed by atoms with van der Waals surface area (Å²) < 4.78 is 30.7. The molecule has 0 aliphatic carbocycles. The minimum Gasteiger partial charge on any atom is -0.456 e. The summed E-state index contributed by atoms with van der Waals surface area (Å²) in [6.45, 7) is 7.00. The van der Waals surface area contributed by atoms with Crippen molar-refractivity contribution in [3.8, 4) is 0 Å². The first-order chi connectivity index (χ1) is 37.4. The summed E-state index contributed by atoms with van der Waals surface area (Å²) in [6.07, 6.45) is 72.2. The quantitative estimate of drug-likeness (QED) is 0.0205. The smallest absolute Gasteiger partial charge is 0.456 e. The number of phosphoric ester groups is 1. The molecule has 3 atom stereocenters. The Balaban J connectivity index is 5.19. The summed E-state index contributed by atoms with van der Waals surface area (Å²) in [5.41, 5.74) is 0. The van der Waals surface area contributed by atoms with Crippen LogP contribution in [0.1, 0.15) is 303 Å². The molecule has 3 unspecified atom stereocenters. The SMILES string of the molecule is CCCCC/C=C\C/C=C\C/C=C\C/C=C\CCCCCCCC(=O)OC(/C=C/CCCCCCCCCCC)C(COP(=O)(O)OCC[N+](C)(C)C)NC(=O)CCCCCCCCCCCCCCCCCCCCC. The molecular weight excluding hydrogens is 976 g/mol. The van der Waals surface area contributed by atoms with Gasteiger partial charge < -0.3 is 19.4 Å². The molecule has 0 spiro atoms. The number of quaternary nitrogens is 1. The van der Waals surface area contributed by atoms with E-state index < -0.39 is 20.0 Å². The predicted octanol–water partition coefficient (Wildman–Crippen LogP) is 20.2. The van der Waals surface area contributed by atoms with E-state index >= 15 is 0 Å². The fourth-order valence-electron chi connectivity index (χ4n) is 9.40. The lowest BCUT2D eigenvalue weighted by Crippen LogP contribution is -2.47. The number of hydrogen-bond acceptors (Lipinski definition) is 6. The second kappa shape index (κ2) is 57.0. The number of allylic oxidation sites excluding steroid dienone is 9. The van der Waals surface area contributed by atoms with Crippen LogP contribution in [0.5, 0.6) is 0 Å². The van der Waals surface area contributed by atoms with Crippen LogP contribution >= 0.6 is 7.82 Å². The summed E-state index contributed by atoms with van der Waals surface area (Å²) >= 11 is 0. The second-order valence-corrected chi connectivity index (χ2v) is 24.7. The van der Waals surface area contributed by atoms with E-state index in [4.69, 9.17) is 13.8 Å². The molecule has 10 heteroatoms. The van der Waals surface area contributed by atoms with Crippen LogP contribution in [-0.4, -0.2) is 74.3 Å². The molecule has 0 saturated carbocycles. The molecule has 0 aromatic carbocycles. The highest BCUT2D eigenvalue weighted by Crippen LogP contribution is 2.43. The van der Waals surface area contributed by atoms with Gasteiger partial charge in [-0.25, -0.2) is 4.57 Å². The zero-order valence-corrected chi connectivity index (χ0v) is 52.3. The Bertz CT molecular complexity index is 1500. The van der Waals surface area contributed by atoms with Gasteiger partial charge in [0.15, 0.2) is 0 Å². The van der Waals surface area contributed by atoms with E-state index in [2.05, 4.69) is 74.7 Å². The van der Waals surface area contributed by atoms with Crippen molar-refractivity contribution >= 4 is 19.7 Å². The average molecular weight is 1100 g/mol. The lowest BCUT2D eigenvalue weighted by atomic mass is 10.0. The van der Waals surface area contributed by atoms with Crippen LogP contribution in [0.25, 0.3) is 0 Å². The Morgan fingerprint density at radius 1 is 0.455 bits per heavy atom. The van der Waals surface area contributed by atoms with Crippen LogP contribution in [0.4, 0.5) is 0 Å². The monoisotopic (exact) mass is 1100 g/mol. The van der Waals surface area contributed by atoms with E-state index in [1.54, 1.807) is 0 Å². The molecule has 0 aromatic heterocycles. The van der Waals surface area contributed by atoms with E-state index in [1.807, 2.05) is 33.3 Å². The van der Waals surface area contributed by atoms with Crippen LogP contribution < -0.4 is 5.32 Å². The van der Waals surface area contributed by atoms with Crippen LogP contribution in [0, 0.1) is 0 Å². The molecule has 2 N–H and O–H groups in total. The number of nitrogens with one attached hydrogen (secondary N) is 1. The number of carbonyl (C=O) groups excluding carboxylic acids is 2. The zero-order chi connectivity index (χ0) is 56.4. The number of hydrogen-bond donors (Lipinski definition) is 2. The first kappa shape index (κ1) is 74.7. The van der Waals surface area contributed by atoms with Gasteiger partial charge in [-0.15, -0.1) is 0 Å². The van der Waals surface area contributed by atoms with Crippen LogP contribution in [0.15, 0.2) is 60.8 Å². The van der Waals surface area contributed by atoms with Gasteiger partial charge in [0.05, 0.1) is 33.8 Å². The Labute approximate surface area is 477 Å². The van der Waals surface area contributed by atoms with Gasteiger partial charge in [-0.05, 0) is 76.7 Å². The normalized spacial score (nSPS) is 14.0. The minimum absolute atomic E-state index is 0.0370. The maximum absolute atomic E-state index is 13.6. The van der Waals surface area contributed by atoms with E-state index in [1.165, 1.54) is 173 Å². The first-order valence-electron chi connectivity index (χ1n) is 32.6. The third-order valence-corrected chi connectivity index (χ3v) is 15.4. The van der Waals surface area contributed by atoms with Crippen molar-refractivity contribution in [3.05, 3.63) is 60.8 Å². The Morgan fingerprint density at radius 3 is 1.21 bits per heavy atom. The Morgan fingerprint density at radius 2 is 0.792 bits per heavy atom. The molecule has 0 bridgehead atoms. The number of ether oxygens (including phenoxy) is 1. The molecule has 9 nitrogen and oxygen atoms in total. The fourth-order valence-corrected chi connectivity index (χ4v) is 10.1. The van der Waals surface area contributed by atoms with Crippen molar-refractivity contribution in [2.75, 3.05) is 40.9 Å². The van der Waals surface area contributed by atoms with E-state index in [-0.39, 0.29) is 31.5 Å². The van der Waals surface area contributed by atoms with Crippen molar-refractivity contribution in [3.63, 3.8) is 0 Å². The molecule has 0 saturated heterocycles. The molecule has 0 aliphatic heterocycles. The van der Waals surface area contributed by atoms with Crippen LogP contribution in [0.3, 0.4) is 0 Å². The number of carbonyl (C=O) groups is 2. The fraction of sp³-hybridized carbons (Fsp3) is 0.821. The third kappa shape index (κ3) is 58.2. The van der Waals surface area contributed by atoms with Crippen LogP contribution in [-0.2, 0) is 27.9 Å². The molecule has 0 radical (unpaired) electrons. The highest BCUT2D eigenvalue weighted by molar-refractivity contribution is 7.47. The van der Waals surface area contributed by atoms with Crippen molar-refractivity contribution < 1.29 is 37.3 Å². The van der Waals surface area contributed by atoms with Gasteiger partial charge in [0, 0.05) is 12.8 Å². The topological polar surface area (TPSA) is 111 Å². The van der Waals surface area contributed by atoms with Crippen molar-refractivity contribution in [2.24, 2.45) is 0 Å². The van der Waals surface area contributed by atoms with Crippen molar-refractivity contribution in [2.45, 2.75) is 315 Å². The number of amides is 1. The summed E-state index contributed by atoms with van der Waals surface area (Å²) in [4.78, 5) is 37.7. The van der Waals surface area contributed by atoms with Gasteiger partial charge in [-0.1, -0.05) is 275 Å². The summed E-state index contributed by atoms with van der Waals surface area (Å²) in [6, 6.07) is -0.855. The van der Waals surface area contributed by atoms with Crippen molar-refractivity contribution in [1.82, 2.24) is 5.32 Å². The first-order valence-corrected chi connectivity index (χ1v) is 34.1. The van der Waals surface area contributed by atoms with Crippen LogP contribution in [0.2, 0.25) is 0 Å². The molecule has 0 fully saturated rings. The Kier molecular flexibility index (Phi) is 55.3. The minimum atomic E-state index is -4.45. The largest absolute Gasteiger partial charge is 0.472 e. The molecule has 0 aliphatic rings. The van der Waals surface area contributed by atoms with Gasteiger partial charge in [-0.2, -0.15) is 0 Å². The maximum atomic E-state index is 13.6. The van der Waals surface area contributed by atoms with Gasteiger partial charge in [0.25, 0.3) is 0 Å². The molecule has 0 heterocycles. The summed E-state index contributed by atoms with van der Waals surface area (Å²) in [7, 11) is 1.49. The lowest BCUT2D eigenvalue weighted by molar-refractivity contribution is -0.870. The number of phosphoric acid groups is 1. The number of rotatable bonds is 59. The standard InChI is InChI=1S/C67H125N2O7P/c1-7-10-13-16-19-22-25-27-29-31-33-34-36-38-40-42-45-48-51-54-57-60-67(71)76-65(58-55-52-49-46-43-24-21-18-15-12-9-3)64(63-75-77(72,73)74-62-61-69(4,5)6)68-66(70)59-56-53-50-47-44-41-39-37-35-32-30-28-26-23-20-17-14-11-8-2/h19,22,27,29,33-34,38,40,55,58,64-65H,7-18,20-21,23-26,28,30-32,35-37,39,41-54,56-57,59-63H2,1-6H3,(H-,68,70,72,73)/p+1/b22-19-,29-27-,34-33-,40-38-,58-55+. The Hall–Kier alpha value is -2.29. The number of esters is 1. The maximum Gasteiger partial charge on any atom is 0.472 e. The molecule has 0 aromatic rings. The van der Waals surface area contributed by atoms with E-state index in [0.717, 1.165) is 96.3 Å². The van der Waals surface area contributed by atoms with E-state index in [9.17, 15) is 19.0 Å². The number of unbranched alkanes of at least 4 members (excludes halogenated alkanes) is 35. The molecule has 77 heavy (non-hydrogen) atoms. The predicted molar refractivity (Wildman–Crippen MR) is 332 cm³/mol. The molecule has 450 valence electrons. The molecule has 1 amide bonds. The zero-order valence-electron chi connectivity index (χ0n) is 51.5. The van der Waals surface area contributed by atoms with Gasteiger partial charge in [0.2, 0.25) is 5.91 Å². The van der Waals surface area contributed by atoms with Gasteiger partial charge in [-0.3, -0.25) is 18.6 Å². The highest BCUT2D eigenvalue weighted by atomic mass is 31.2. The summed E-state index contributed by atoms with van der Waals surface area (Å²) in [5.74, 6) is -0.517. The van der Waals surface area contributed by atoms with Crippen molar-refractivity contribution in [1.29, 1.82) is 0 Å². The number of likely N-dealkylation sites (N-methyl/N-ethyl adjacent to an activating group) is 1. The van der Waals surface area contributed by atoms with Gasteiger partial charge in [0.1, 0.15) is 19.3 Å². The molecular formula is C67H126N2O7P+. The van der Waals surface area contributed by atoms with Gasteiger partial charge >= 0.3 is 13.8 Å². The molecule has 0 rings (SSSR count). The lowest BCUT2D eigenvalue weighted by Gasteiger charge is -2.27. The number of nitrogens with zero attached hydrogens (tertiary/aromatic N) is 1. The third-order valence-electron chi connectivity index (χ3n) is 14.5. The average Bonchev–Trinajstić information content (AvgIpc) is 3.39.